The average Bonchev–Trinajstić information content (AvgIpc) is 2.46. The number of primary amides is 1. The van der Waals surface area contributed by atoms with Crippen LogP contribution in [-0.2, 0) is 4.79 Å². The minimum absolute atomic E-state index is 0.0418. The van der Waals surface area contributed by atoms with Gasteiger partial charge in [-0.1, -0.05) is 77.6 Å². The van der Waals surface area contributed by atoms with Gasteiger partial charge in [-0.2, -0.15) is 0 Å². The van der Waals surface area contributed by atoms with Crippen molar-refractivity contribution in [3.05, 3.63) is 0 Å². The van der Waals surface area contributed by atoms with Gasteiger partial charge < -0.3 is 5.73 Å². The number of hydrogen-bond acceptors (Lipinski definition) is 1. The van der Waals surface area contributed by atoms with Gasteiger partial charge in [0.05, 0.1) is 0 Å². The fourth-order valence-electron chi connectivity index (χ4n) is 3.64. The van der Waals surface area contributed by atoms with E-state index in [0.717, 1.165) is 6.42 Å². The van der Waals surface area contributed by atoms with Gasteiger partial charge in [-0.15, -0.1) is 0 Å². The molecule has 0 aromatic rings. The maximum Gasteiger partial charge on any atom is 0.220 e. The van der Waals surface area contributed by atoms with E-state index in [1.54, 1.807) is 0 Å². The second kappa shape index (κ2) is 11.2. The molecule has 1 aliphatic rings. The van der Waals surface area contributed by atoms with Crippen LogP contribution in [0, 0.1) is 11.8 Å². The van der Waals surface area contributed by atoms with Gasteiger partial charge in [0.25, 0.3) is 0 Å². The maximum absolute atomic E-state index is 11.7. The normalized spacial score (nSPS) is 18.1. The first kappa shape index (κ1) is 17.5. The first-order valence-electron chi connectivity index (χ1n) is 9.05. The standard InChI is InChI=1S/C18H35NO/c1-2-3-4-5-6-7-8-12-15-17(18(19)20)16-13-10-9-11-14-16/h16-17H,2-15H2,1H3,(H2,19,20). The zero-order valence-electron chi connectivity index (χ0n) is 13.5. The van der Waals surface area contributed by atoms with E-state index in [9.17, 15) is 4.79 Å². The van der Waals surface area contributed by atoms with E-state index < -0.39 is 0 Å². The van der Waals surface area contributed by atoms with Gasteiger partial charge in [0, 0.05) is 5.92 Å². The van der Waals surface area contributed by atoms with Crippen LogP contribution in [-0.4, -0.2) is 5.91 Å². The van der Waals surface area contributed by atoms with Crippen LogP contribution < -0.4 is 5.73 Å². The molecule has 1 saturated carbocycles. The second-order valence-corrected chi connectivity index (χ2v) is 6.67. The Bertz CT molecular complexity index is 246. The zero-order valence-corrected chi connectivity index (χ0v) is 13.5. The van der Waals surface area contributed by atoms with Crippen molar-refractivity contribution in [2.75, 3.05) is 0 Å². The van der Waals surface area contributed by atoms with E-state index >= 15 is 0 Å². The Kier molecular flexibility index (Phi) is 9.78. The highest BCUT2D eigenvalue weighted by atomic mass is 16.1. The molecule has 0 spiro atoms. The number of hydrogen-bond donors (Lipinski definition) is 1. The van der Waals surface area contributed by atoms with Crippen molar-refractivity contribution in [1.82, 2.24) is 0 Å². The van der Waals surface area contributed by atoms with E-state index in [2.05, 4.69) is 6.92 Å². The lowest BCUT2D eigenvalue weighted by Gasteiger charge is -2.28. The average molecular weight is 281 g/mol. The first-order valence-corrected chi connectivity index (χ1v) is 9.05. The van der Waals surface area contributed by atoms with Gasteiger partial charge in [0.15, 0.2) is 0 Å². The van der Waals surface area contributed by atoms with Crippen LogP contribution >= 0.6 is 0 Å². The van der Waals surface area contributed by atoms with E-state index in [1.165, 1.54) is 83.5 Å². The van der Waals surface area contributed by atoms with Crippen LogP contribution in [0.3, 0.4) is 0 Å². The van der Waals surface area contributed by atoms with Crippen molar-refractivity contribution in [3.8, 4) is 0 Å². The molecule has 118 valence electrons. The molecule has 2 N–H and O–H groups in total. The molecule has 1 atom stereocenters. The summed E-state index contributed by atoms with van der Waals surface area (Å²) in [6, 6.07) is 0. The van der Waals surface area contributed by atoms with Crippen molar-refractivity contribution in [2.45, 2.75) is 96.8 Å². The molecule has 1 unspecified atom stereocenters. The molecule has 1 rings (SSSR count). The van der Waals surface area contributed by atoms with Crippen LogP contribution in [0.5, 0.6) is 0 Å². The van der Waals surface area contributed by atoms with E-state index in [1.807, 2.05) is 0 Å². The van der Waals surface area contributed by atoms with Crippen molar-refractivity contribution in [3.63, 3.8) is 0 Å². The predicted octanol–water partition coefficient (Wildman–Crippen LogP) is 5.20. The first-order chi connectivity index (χ1) is 9.75. The van der Waals surface area contributed by atoms with Gasteiger partial charge in [-0.25, -0.2) is 0 Å². The van der Waals surface area contributed by atoms with Gasteiger partial charge in [0.2, 0.25) is 5.91 Å². The number of amides is 1. The zero-order chi connectivity index (χ0) is 14.6. The highest BCUT2D eigenvalue weighted by Crippen LogP contribution is 2.32. The predicted molar refractivity (Wildman–Crippen MR) is 86.5 cm³/mol. The molecular weight excluding hydrogens is 246 g/mol. The third-order valence-electron chi connectivity index (χ3n) is 4.95. The maximum atomic E-state index is 11.7. The van der Waals surface area contributed by atoms with E-state index in [-0.39, 0.29) is 11.8 Å². The molecule has 1 amide bonds. The summed E-state index contributed by atoms with van der Waals surface area (Å²) in [7, 11) is 0. The molecule has 20 heavy (non-hydrogen) atoms. The highest BCUT2D eigenvalue weighted by Gasteiger charge is 2.27. The summed E-state index contributed by atoms with van der Waals surface area (Å²) in [6.45, 7) is 2.26. The summed E-state index contributed by atoms with van der Waals surface area (Å²) in [5, 5.41) is 0. The quantitative estimate of drug-likeness (QED) is 0.520. The Morgan fingerprint density at radius 3 is 2.05 bits per heavy atom. The fraction of sp³-hybridized carbons (Fsp3) is 0.944. The molecule has 2 nitrogen and oxygen atoms in total. The lowest BCUT2D eigenvalue weighted by molar-refractivity contribution is -0.124. The number of unbranched alkanes of at least 4 members (excludes halogenated alkanes) is 7. The van der Waals surface area contributed by atoms with Crippen molar-refractivity contribution in [2.24, 2.45) is 17.6 Å². The summed E-state index contributed by atoms with van der Waals surface area (Å²) in [5.74, 6) is 0.709. The Balaban J connectivity index is 2.08. The Hall–Kier alpha value is -0.530. The van der Waals surface area contributed by atoms with E-state index in [0.29, 0.717) is 5.92 Å². The van der Waals surface area contributed by atoms with Crippen LogP contribution in [0.25, 0.3) is 0 Å². The largest absolute Gasteiger partial charge is 0.369 e. The Labute approximate surface area is 125 Å². The smallest absolute Gasteiger partial charge is 0.220 e. The highest BCUT2D eigenvalue weighted by molar-refractivity contribution is 5.76. The summed E-state index contributed by atoms with van der Waals surface area (Å²) >= 11 is 0. The molecule has 1 aliphatic carbocycles. The molecule has 1 fully saturated rings. The molecule has 0 bridgehead atoms. The molecule has 0 heterocycles. The van der Waals surface area contributed by atoms with Crippen LogP contribution in [0.15, 0.2) is 0 Å². The minimum Gasteiger partial charge on any atom is -0.369 e. The molecule has 0 aromatic heterocycles. The second-order valence-electron chi connectivity index (χ2n) is 6.67. The Morgan fingerprint density at radius 1 is 0.950 bits per heavy atom. The Morgan fingerprint density at radius 2 is 1.50 bits per heavy atom. The third-order valence-corrected chi connectivity index (χ3v) is 4.95. The summed E-state index contributed by atoms with van der Waals surface area (Å²) in [4.78, 5) is 11.7. The minimum atomic E-state index is -0.0418. The lowest BCUT2D eigenvalue weighted by atomic mass is 9.77. The van der Waals surface area contributed by atoms with Crippen molar-refractivity contribution in [1.29, 1.82) is 0 Å². The van der Waals surface area contributed by atoms with Crippen molar-refractivity contribution >= 4 is 5.91 Å². The summed E-state index contributed by atoms with van der Waals surface area (Å²) in [5.41, 5.74) is 5.62. The molecule has 0 aliphatic heterocycles. The van der Waals surface area contributed by atoms with Crippen LogP contribution in [0.2, 0.25) is 0 Å². The fourth-order valence-corrected chi connectivity index (χ4v) is 3.64. The third kappa shape index (κ3) is 7.31. The van der Waals surface area contributed by atoms with Gasteiger partial charge in [0.1, 0.15) is 0 Å². The molecule has 2 heteroatoms. The van der Waals surface area contributed by atoms with Gasteiger partial charge >= 0.3 is 0 Å². The number of nitrogens with two attached hydrogens (primary N) is 1. The lowest BCUT2D eigenvalue weighted by Crippen LogP contribution is -2.31. The molecule has 0 saturated heterocycles. The van der Waals surface area contributed by atoms with Gasteiger partial charge in [-0.05, 0) is 25.2 Å². The van der Waals surface area contributed by atoms with Crippen LogP contribution in [0.4, 0.5) is 0 Å². The number of carbonyl (C=O) groups excluding carboxylic acids is 1. The van der Waals surface area contributed by atoms with Crippen LogP contribution in [0.1, 0.15) is 96.8 Å². The summed E-state index contributed by atoms with van der Waals surface area (Å²) < 4.78 is 0. The number of rotatable bonds is 11. The number of carbonyl (C=O) groups is 1. The van der Waals surface area contributed by atoms with E-state index in [4.69, 9.17) is 5.73 Å². The summed E-state index contributed by atoms with van der Waals surface area (Å²) in [6.07, 6.45) is 18.1. The van der Waals surface area contributed by atoms with Gasteiger partial charge in [-0.3, -0.25) is 4.79 Å². The monoisotopic (exact) mass is 281 g/mol. The molecule has 0 aromatic carbocycles. The van der Waals surface area contributed by atoms with Crippen molar-refractivity contribution < 1.29 is 4.79 Å². The molecule has 0 radical (unpaired) electrons. The SMILES string of the molecule is CCCCCCCCCCC(C(N)=O)C1CCCCC1. The molecular formula is C18H35NO. The topological polar surface area (TPSA) is 43.1 Å².